The van der Waals surface area contributed by atoms with Crippen LogP contribution < -0.4 is 15.4 Å². The first-order valence-electron chi connectivity index (χ1n) is 13.1. The number of carbonyl (C=O) groups is 2. The highest BCUT2D eigenvalue weighted by molar-refractivity contribution is 6.04. The lowest BCUT2D eigenvalue weighted by Gasteiger charge is -2.12. The maximum Gasteiger partial charge on any atom is 0.573 e. The van der Waals surface area contributed by atoms with Crippen LogP contribution in [0.25, 0.3) is 11.3 Å². The molecule has 5 rings (SSSR count). The molecule has 1 saturated carbocycles. The van der Waals surface area contributed by atoms with Gasteiger partial charge in [-0.1, -0.05) is 43.2 Å². The van der Waals surface area contributed by atoms with Crippen molar-refractivity contribution in [3.8, 4) is 22.8 Å². The summed E-state index contributed by atoms with van der Waals surface area (Å²) in [6.45, 7) is 0.328. The molecule has 11 heteroatoms. The number of hydrogen-bond acceptors (Lipinski definition) is 5. The van der Waals surface area contributed by atoms with Crippen LogP contribution in [0, 0.1) is 0 Å². The number of phenols is 1. The molecule has 0 atom stereocenters. The molecule has 0 bridgehead atoms. The van der Waals surface area contributed by atoms with Gasteiger partial charge in [-0.3, -0.25) is 4.79 Å². The number of amides is 2. The second-order valence-corrected chi connectivity index (χ2v) is 9.75. The van der Waals surface area contributed by atoms with Crippen LogP contribution in [-0.2, 0) is 6.54 Å². The third-order valence-electron chi connectivity index (χ3n) is 6.87. The topological polar surface area (TPSA) is 105 Å². The van der Waals surface area contributed by atoms with Crippen LogP contribution in [0.3, 0.4) is 0 Å². The molecule has 1 aliphatic carbocycles. The van der Waals surface area contributed by atoms with Crippen molar-refractivity contribution in [2.75, 3.05) is 5.32 Å². The number of benzene rings is 3. The molecule has 4 aromatic rings. The molecule has 0 spiro atoms. The molecule has 1 aromatic heterocycles. The number of hydrogen-bond donors (Lipinski definition) is 3. The predicted molar refractivity (Wildman–Crippen MR) is 146 cm³/mol. The number of aromatic hydroxyl groups is 1. The normalized spacial score (nSPS) is 13.6. The molecule has 1 fully saturated rings. The van der Waals surface area contributed by atoms with Gasteiger partial charge in [0.15, 0.2) is 0 Å². The first kappa shape index (κ1) is 27.8. The van der Waals surface area contributed by atoms with Crippen LogP contribution in [-0.4, -0.2) is 33.2 Å². The summed E-state index contributed by atoms with van der Waals surface area (Å²) < 4.78 is 42.4. The Kier molecular flexibility index (Phi) is 7.95. The number of aromatic nitrogens is 2. The number of nitrogens with one attached hydrogen (secondary N) is 2. The van der Waals surface area contributed by atoms with E-state index in [1.54, 1.807) is 6.07 Å². The van der Waals surface area contributed by atoms with Crippen molar-refractivity contribution in [1.29, 1.82) is 0 Å². The van der Waals surface area contributed by atoms with Gasteiger partial charge in [-0.05, 0) is 66.9 Å². The van der Waals surface area contributed by atoms with Crippen molar-refractivity contribution in [3.05, 3.63) is 95.7 Å². The van der Waals surface area contributed by atoms with E-state index in [0.29, 0.717) is 23.5 Å². The molecular formula is C30H27F3N4O4. The summed E-state index contributed by atoms with van der Waals surface area (Å²) in [6, 6.07) is 19.8. The van der Waals surface area contributed by atoms with Gasteiger partial charge >= 0.3 is 12.4 Å². The zero-order valence-corrected chi connectivity index (χ0v) is 21.8. The number of alkyl halides is 3. The molecular weight excluding hydrogens is 537 g/mol. The highest BCUT2D eigenvalue weighted by atomic mass is 19.4. The standard InChI is InChI=1S/C30H27F3N4O4/c31-30(32,33)41-23-13-10-21(11-14-23)28(39)35-22-12-15-27(38)24(16-22)25-17-26(20-8-4-5-9-20)37(36-25)29(40)34-18-19-6-2-1-3-7-19/h1-3,6-7,10-17,20,38H,4-5,8-9,18H2,(H,34,40)(H,35,39). The van der Waals surface area contributed by atoms with Gasteiger partial charge in [0.2, 0.25) is 0 Å². The molecule has 0 radical (unpaired) electrons. The van der Waals surface area contributed by atoms with Crippen molar-refractivity contribution in [1.82, 2.24) is 15.1 Å². The van der Waals surface area contributed by atoms with Crippen LogP contribution in [0.4, 0.5) is 23.7 Å². The quantitative estimate of drug-likeness (QED) is 0.214. The van der Waals surface area contributed by atoms with Gasteiger partial charge in [0.05, 0.1) is 11.4 Å². The molecule has 0 unspecified atom stereocenters. The van der Waals surface area contributed by atoms with Gasteiger partial charge in [-0.15, -0.1) is 13.2 Å². The van der Waals surface area contributed by atoms with Gasteiger partial charge in [0.1, 0.15) is 11.5 Å². The van der Waals surface area contributed by atoms with Gasteiger partial charge in [0, 0.05) is 29.3 Å². The Morgan fingerprint density at radius 1 is 0.976 bits per heavy atom. The van der Waals surface area contributed by atoms with Gasteiger partial charge in [-0.25, -0.2) is 4.79 Å². The number of nitrogens with zero attached hydrogens (tertiary/aromatic N) is 2. The van der Waals surface area contributed by atoms with Crippen LogP contribution in [0.1, 0.15) is 53.2 Å². The molecule has 2 amide bonds. The average Bonchev–Trinajstić information content (AvgIpc) is 3.63. The summed E-state index contributed by atoms with van der Waals surface area (Å²) in [7, 11) is 0. The van der Waals surface area contributed by atoms with E-state index in [0.717, 1.165) is 49.1 Å². The predicted octanol–water partition coefficient (Wildman–Crippen LogP) is 6.82. The molecule has 8 nitrogen and oxygen atoms in total. The lowest BCUT2D eigenvalue weighted by atomic mass is 10.0. The summed E-state index contributed by atoms with van der Waals surface area (Å²) in [5, 5.41) is 20.8. The van der Waals surface area contributed by atoms with Crippen molar-refractivity contribution in [3.63, 3.8) is 0 Å². The van der Waals surface area contributed by atoms with Crippen LogP contribution in [0.2, 0.25) is 0 Å². The number of phenolic OH excluding ortho intramolecular Hbond substituents is 1. The fourth-order valence-corrected chi connectivity index (χ4v) is 4.88. The summed E-state index contributed by atoms with van der Waals surface area (Å²) in [5.74, 6) is -0.961. The highest BCUT2D eigenvalue weighted by Gasteiger charge is 2.31. The van der Waals surface area contributed by atoms with Gasteiger partial charge in [-0.2, -0.15) is 9.78 Å². The maximum atomic E-state index is 13.2. The van der Waals surface area contributed by atoms with Crippen molar-refractivity contribution in [2.24, 2.45) is 0 Å². The lowest BCUT2D eigenvalue weighted by molar-refractivity contribution is -0.274. The minimum Gasteiger partial charge on any atom is -0.507 e. The van der Waals surface area contributed by atoms with Crippen LogP contribution in [0.5, 0.6) is 11.5 Å². The summed E-state index contributed by atoms with van der Waals surface area (Å²) in [5.41, 5.74) is 2.80. The maximum absolute atomic E-state index is 13.2. The van der Waals surface area contributed by atoms with E-state index in [9.17, 15) is 27.9 Å². The Balaban J connectivity index is 1.37. The van der Waals surface area contributed by atoms with Crippen molar-refractivity contribution in [2.45, 2.75) is 44.5 Å². The fraction of sp³-hybridized carbons (Fsp3) is 0.233. The van der Waals surface area contributed by atoms with Gasteiger partial charge in [0.25, 0.3) is 5.91 Å². The number of rotatable bonds is 7. The second-order valence-electron chi connectivity index (χ2n) is 9.75. The fourth-order valence-electron chi connectivity index (χ4n) is 4.88. The molecule has 1 heterocycles. The van der Waals surface area contributed by atoms with Gasteiger partial charge < -0.3 is 20.5 Å². The number of carbonyl (C=O) groups excluding carboxylic acids is 2. The number of anilines is 1. The molecule has 212 valence electrons. The highest BCUT2D eigenvalue weighted by Crippen LogP contribution is 2.38. The second kappa shape index (κ2) is 11.7. The molecule has 3 N–H and O–H groups in total. The third kappa shape index (κ3) is 6.86. The number of ether oxygens (including phenoxy) is 1. The Labute approximate surface area is 233 Å². The minimum absolute atomic E-state index is 0.0935. The zero-order valence-electron chi connectivity index (χ0n) is 21.8. The van der Waals surface area contributed by atoms with E-state index >= 15 is 0 Å². The van der Waals surface area contributed by atoms with E-state index in [1.165, 1.54) is 35.0 Å². The van der Waals surface area contributed by atoms with E-state index in [-0.39, 0.29) is 23.3 Å². The van der Waals surface area contributed by atoms with Crippen molar-refractivity contribution < 1.29 is 32.6 Å². The zero-order chi connectivity index (χ0) is 29.0. The van der Waals surface area contributed by atoms with Crippen LogP contribution in [0.15, 0.2) is 78.9 Å². The summed E-state index contributed by atoms with van der Waals surface area (Å²) >= 11 is 0. The molecule has 41 heavy (non-hydrogen) atoms. The monoisotopic (exact) mass is 564 g/mol. The molecule has 0 saturated heterocycles. The Morgan fingerprint density at radius 2 is 1.68 bits per heavy atom. The van der Waals surface area contributed by atoms with Crippen molar-refractivity contribution >= 4 is 17.6 Å². The minimum atomic E-state index is -4.83. The lowest BCUT2D eigenvalue weighted by Crippen LogP contribution is -2.30. The number of halogens is 3. The molecule has 1 aliphatic rings. The third-order valence-corrected chi connectivity index (χ3v) is 6.87. The van der Waals surface area contributed by atoms with E-state index in [1.807, 2.05) is 30.3 Å². The van der Waals surface area contributed by atoms with E-state index in [2.05, 4.69) is 20.5 Å². The smallest absolute Gasteiger partial charge is 0.507 e. The first-order valence-corrected chi connectivity index (χ1v) is 13.1. The average molecular weight is 565 g/mol. The summed E-state index contributed by atoms with van der Waals surface area (Å²) in [6.07, 6.45) is -0.892. The van der Waals surface area contributed by atoms with E-state index in [4.69, 9.17) is 0 Å². The SMILES string of the molecule is O=C(Nc1ccc(O)c(-c2cc(C3CCCC3)n(C(=O)NCc3ccccc3)n2)c1)c1ccc(OC(F)(F)F)cc1. The Morgan fingerprint density at radius 3 is 2.37 bits per heavy atom. The first-order chi connectivity index (χ1) is 19.7. The Bertz CT molecular complexity index is 1530. The Hall–Kier alpha value is -4.80. The van der Waals surface area contributed by atoms with Crippen LogP contribution >= 0.6 is 0 Å². The summed E-state index contributed by atoms with van der Waals surface area (Å²) in [4.78, 5) is 25.9. The molecule has 0 aliphatic heterocycles. The molecule has 3 aromatic carbocycles. The van der Waals surface area contributed by atoms with E-state index < -0.39 is 18.0 Å². The largest absolute Gasteiger partial charge is 0.573 e.